The van der Waals surface area contributed by atoms with Gasteiger partial charge in [0.05, 0.1) is 5.52 Å². The van der Waals surface area contributed by atoms with Gasteiger partial charge in [0.25, 0.3) is 0 Å². The van der Waals surface area contributed by atoms with Crippen LogP contribution in [0, 0.1) is 0 Å². The summed E-state index contributed by atoms with van der Waals surface area (Å²) in [6, 6.07) is 5.24. The van der Waals surface area contributed by atoms with E-state index in [4.69, 9.17) is 10.5 Å². The zero-order valence-corrected chi connectivity index (χ0v) is 9.79. The summed E-state index contributed by atoms with van der Waals surface area (Å²) in [6.07, 6.45) is -0.707. The highest BCUT2D eigenvalue weighted by molar-refractivity contribution is 5.85. The lowest BCUT2D eigenvalue weighted by atomic mass is 10.3. The van der Waals surface area contributed by atoms with Gasteiger partial charge in [-0.2, -0.15) is 0 Å². The van der Waals surface area contributed by atoms with Crippen LogP contribution < -0.4 is 16.2 Å². The average Bonchev–Trinajstić information content (AvgIpc) is 2.66. The summed E-state index contributed by atoms with van der Waals surface area (Å²) in [6.45, 7) is 0.239. The van der Waals surface area contributed by atoms with Crippen molar-refractivity contribution in [3.05, 3.63) is 28.7 Å². The molecule has 0 fully saturated rings. The molecule has 0 aliphatic carbocycles. The third-order valence-corrected chi connectivity index (χ3v) is 2.22. The molecule has 94 valence electrons. The zero-order valence-electron chi connectivity index (χ0n) is 8.97. The lowest BCUT2D eigenvalue weighted by Crippen LogP contribution is -2.26. The highest BCUT2D eigenvalue weighted by Crippen LogP contribution is 2.20. The number of fused-ring (bicyclic) bond motifs is 1. The number of rotatable bonds is 4. The van der Waals surface area contributed by atoms with Gasteiger partial charge >= 0.3 is 5.69 Å². The number of aliphatic hydroxyl groups excluding tert-OH is 1. The van der Waals surface area contributed by atoms with Crippen LogP contribution in [-0.4, -0.2) is 34.3 Å². The fourth-order valence-corrected chi connectivity index (χ4v) is 1.41. The van der Waals surface area contributed by atoms with Gasteiger partial charge in [0.15, 0.2) is 0 Å². The van der Waals surface area contributed by atoms with Crippen LogP contribution >= 0.6 is 12.4 Å². The maximum absolute atomic E-state index is 11.1. The molecule has 2 rings (SSSR count). The third-order valence-electron chi connectivity index (χ3n) is 2.22. The maximum atomic E-state index is 11.1. The standard InChI is InChI=1S/C10H13N3O3.ClH/c11-4-6(14)5-16-8-3-1-2-7-9(8)13-10(15)12-7;/h1-3,6,14H,4-5,11H2,(H2,12,13,15);1H. The van der Waals surface area contributed by atoms with E-state index in [2.05, 4.69) is 9.97 Å². The number of aliphatic hydroxyl groups is 1. The van der Waals surface area contributed by atoms with Gasteiger partial charge in [-0.05, 0) is 12.1 Å². The van der Waals surface area contributed by atoms with E-state index in [9.17, 15) is 9.90 Å². The van der Waals surface area contributed by atoms with E-state index in [1.165, 1.54) is 0 Å². The number of H-pyrrole nitrogens is 2. The molecule has 0 saturated carbocycles. The highest BCUT2D eigenvalue weighted by atomic mass is 35.5. The Morgan fingerprint density at radius 2 is 2.18 bits per heavy atom. The van der Waals surface area contributed by atoms with Crippen molar-refractivity contribution in [2.75, 3.05) is 13.2 Å². The number of nitrogens with one attached hydrogen (secondary N) is 2. The van der Waals surface area contributed by atoms with E-state index in [0.29, 0.717) is 16.8 Å². The minimum absolute atomic E-state index is 0. The number of imidazole rings is 1. The van der Waals surface area contributed by atoms with Crippen LogP contribution in [0.15, 0.2) is 23.0 Å². The maximum Gasteiger partial charge on any atom is 0.323 e. The Hall–Kier alpha value is -1.50. The van der Waals surface area contributed by atoms with Crippen LogP contribution in [-0.2, 0) is 0 Å². The smallest absolute Gasteiger partial charge is 0.323 e. The van der Waals surface area contributed by atoms with Gasteiger partial charge in [0.2, 0.25) is 0 Å². The minimum Gasteiger partial charge on any atom is -0.489 e. The van der Waals surface area contributed by atoms with Crippen molar-refractivity contribution in [1.29, 1.82) is 0 Å². The Balaban J connectivity index is 0.00000144. The lowest BCUT2D eigenvalue weighted by Gasteiger charge is -2.10. The summed E-state index contributed by atoms with van der Waals surface area (Å²) >= 11 is 0. The van der Waals surface area contributed by atoms with E-state index < -0.39 is 6.10 Å². The van der Waals surface area contributed by atoms with Crippen molar-refractivity contribution in [3.63, 3.8) is 0 Å². The summed E-state index contributed by atoms with van der Waals surface area (Å²) in [5.74, 6) is 0.517. The van der Waals surface area contributed by atoms with Gasteiger partial charge in [0, 0.05) is 6.54 Å². The number of aromatic amines is 2. The first-order chi connectivity index (χ1) is 7.70. The monoisotopic (exact) mass is 259 g/mol. The van der Waals surface area contributed by atoms with Crippen molar-refractivity contribution in [2.24, 2.45) is 5.73 Å². The number of hydrogen-bond donors (Lipinski definition) is 4. The Morgan fingerprint density at radius 1 is 1.41 bits per heavy atom. The molecule has 0 amide bonds. The molecule has 0 aliphatic heterocycles. The summed E-state index contributed by atoms with van der Waals surface area (Å²) < 4.78 is 5.37. The van der Waals surface area contributed by atoms with E-state index in [1.54, 1.807) is 18.2 Å². The Morgan fingerprint density at radius 3 is 2.88 bits per heavy atom. The number of nitrogens with two attached hydrogens (primary N) is 1. The van der Waals surface area contributed by atoms with Crippen LogP contribution in [0.1, 0.15) is 0 Å². The number of aromatic nitrogens is 2. The Labute approximate surface area is 103 Å². The molecule has 0 radical (unpaired) electrons. The highest BCUT2D eigenvalue weighted by Gasteiger charge is 2.07. The molecular weight excluding hydrogens is 246 g/mol. The van der Waals surface area contributed by atoms with Crippen molar-refractivity contribution in [1.82, 2.24) is 9.97 Å². The predicted octanol–water partition coefficient (Wildman–Crippen LogP) is -0.0236. The van der Waals surface area contributed by atoms with Crippen LogP contribution in [0.25, 0.3) is 11.0 Å². The number of para-hydroxylation sites is 1. The second-order valence-corrected chi connectivity index (χ2v) is 3.46. The number of ether oxygens (including phenoxy) is 1. The number of hydrogen-bond acceptors (Lipinski definition) is 4. The van der Waals surface area contributed by atoms with E-state index in [0.717, 1.165) is 0 Å². The molecule has 1 aromatic heterocycles. The van der Waals surface area contributed by atoms with Gasteiger partial charge in [-0.3, -0.25) is 0 Å². The first-order valence-electron chi connectivity index (χ1n) is 4.92. The molecule has 1 aromatic carbocycles. The summed E-state index contributed by atoms with van der Waals surface area (Å²) in [4.78, 5) is 16.3. The van der Waals surface area contributed by atoms with Crippen molar-refractivity contribution >= 4 is 23.4 Å². The average molecular weight is 260 g/mol. The fraction of sp³-hybridized carbons (Fsp3) is 0.300. The van der Waals surface area contributed by atoms with Crippen LogP contribution in [0.3, 0.4) is 0 Å². The molecule has 17 heavy (non-hydrogen) atoms. The predicted molar refractivity (Wildman–Crippen MR) is 66.7 cm³/mol. The molecule has 0 spiro atoms. The van der Waals surface area contributed by atoms with Gasteiger partial charge in [-0.15, -0.1) is 12.4 Å². The second-order valence-electron chi connectivity index (χ2n) is 3.46. The quantitative estimate of drug-likeness (QED) is 0.619. The van der Waals surface area contributed by atoms with E-state index in [1.807, 2.05) is 0 Å². The molecular formula is C10H14ClN3O3. The minimum atomic E-state index is -0.707. The summed E-state index contributed by atoms with van der Waals surface area (Å²) in [5.41, 5.74) is 6.24. The molecule has 6 nitrogen and oxygen atoms in total. The van der Waals surface area contributed by atoms with Crippen molar-refractivity contribution in [3.8, 4) is 5.75 Å². The fourth-order valence-electron chi connectivity index (χ4n) is 1.41. The van der Waals surface area contributed by atoms with Crippen molar-refractivity contribution < 1.29 is 9.84 Å². The normalized spacial score (nSPS) is 12.1. The number of halogens is 1. The van der Waals surface area contributed by atoms with E-state index >= 15 is 0 Å². The van der Waals surface area contributed by atoms with E-state index in [-0.39, 0.29) is 31.2 Å². The van der Waals surface area contributed by atoms with Crippen molar-refractivity contribution in [2.45, 2.75) is 6.10 Å². The third kappa shape index (κ3) is 3.00. The Bertz CT molecular complexity index is 537. The van der Waals surface area contributed by atoms with Crippen LogP contribution in [0.4, 0.5) is 0 Å². The Kier molecular flexibility index (Phi) is 4.56. The second kappa shape index (κ2) is 5.72. The molecule has 0 saturated heterocycles. The molecule has 0 aliphatic rings. The first kappa shape index (κ1) is 13.6. The van der Waals surface area contributed by atoms with Gasteiger partial charge < -0.3 is 25.5 Å². The van der Waals surface area contributed by atoms with Gasteiger partial charge in [0.1, 0.15) is 24.0 Å². The van der Waals surface area contributed by atoms with Gasteiger partial charge in [-0.25, -0.2) is 4.79 Å². The molecule has 7 heteroatoms. The molecule has 1 heterocycles. The zero-order chi connectivity index (χ0) is 11.5. The molecule has 1 atom stereocenters. The largest absolute Gasteiger partial charge is 0.489 e. The molecule has 2 aromatic rings. The van der Waals surface area contributed by atoms with Gasteiger partial charge in [-0.1, -0.05) is 6.07 Å². The topological polar surface area (TPSA) is 104 Å². The molecule has 5 N–H and O–H groups in total. The SMILES string of the molecule is Cl.NCC(O)COc1cccc2[nH]c(=O)[nH]c12. The molecule has 1 unspecified atom stereocenters. The summed E-state index contributed by atoms with van der Waals surface area (Å²) in [7, 11) is 0. The van der Waals surface area contributed by atoms with Crippen LogP contribution in [0.5, 0.6) is 5.75 Å². The molecule has 0 bridgehead atoms. The number of benzene rings is 1. The first-order valence-corrected chi connectivity index (χ1v) is 4.92. The lowest BCUT2D eigenvalue weighted by molar-refractivity contribution is 0.115. The van der Waals surface area contributed by atoms with Crippen LogP contribution in [0.2, 0.25) is 0 Å². The summed E-state index contributed by atoms with van der Waals surface area (Å²) in [5, 5.41) is 9.27.